The third-order valence-corrected chi connectivity index (χ3v) is 5.55. The highest BCUT2D eigenvalue weighted by Gasteiger charge is 2.47. The van der Waals surface area contributed by atoms with Crippen molar-refractivity contribution >= 4 is 23.1 Å². The molecule has 0 radical (unpaired) electrons. The van der Waals surface area contributed by atoms with Crippen molar-refractivity contribution in [3.05, 3.63) is 80.9 Å². The van der Waals surface area contributed by atoms with Crippen LogP contribution in [0.1, 0.15) is 55.3 Å². The Labute approximate surface area is 181 Å². The van der Waals surface area contributed by atoms with Crippen LogP contribution in [-0.4, -0.2) is 33.2 Å². The molecule has 2 aromatic rings. The molecular formula is C24H26N2O5. The van der Waals surface area contributed by atoms with E-state index in [1.807, 2.05) is 6.92 Å². The molecule has 0 saturated carbocycles. The normalized spacial score (nSPS) is 17.9. The summed E-state index contributed by atoms with van der Waals surface area (Å²) in [7, 11) is 0. The van der Waals surface area contributed by atoms with E-state index in [1.165, 1.54) is 23.1 Å². The molecule has 0 aromatic heterocycles. The van der Waals surface area contributed by atoms with Crippen molar-refractivity contribution in [3.63, 3.8) is 0 Å². The fourth-order valence-corrected chi connectivity index (χ4v) is 3.89. The van der Waals surface area contributed by atoms with Gasteiger partial charge in [-0.3, -0.25) is 19.7 Å². The van der Waals surface area contributed by atoms with Crippen LogP contribution in [0.25, 0.3) is 5.76 Å². The van der Waals surface area contributed by atoms with E-state index in [-0.39, 0.29) is 29.1 Å². The number of nitrogens with zero attached hydrogens (tertiary/aromatic N) is 2. The van der Waals surface area contributed by atoms with E-state index in [2.05, 4.69) is 6.92 Å². The second-order valence-electron chi connectivity index (χ2n) is 7.74. The summed E-state index contributed by atoms with van der Waals surface area (Å²) in [6.07, 6.45) is 3.55. The third kappa shape index (κ3) is 4.50. The number of unbranched alkanes of at least 4 members (excludes halogenated alkanes) is 3. The Morgan fingerprint density at radius 3 is 2.39 bits per heavy atom. The zero-order valence-corrected chi connectivity index (χ0v) is 17.7. The summed E-state index contributed by atoms with van der Waals surface area (Å²) in [5.41, 5.74) is 1.28. The number of nitro benzene ring substituents is 1. The molecule has 7 heteroatoms. The number of ketones is 1. The predicted octanol–water partition coefficient (Wildman–Crippen LogP) is 4.91. The highest BCUT2D eigenvalue weighted by atomic mass is 16.6. The second kappa shape index (κ2) is 9.55. The minimum atomic E-state index is -1.01. The molecule has 1 amide bonds. The van der Waals surface area contributed by atoms with Crippen LogP contribution in [-0.2, 0) is 9.59 Å². The maximum absolute atomic E-state index is 13.0. The number of aryl methyl sites for hydroxylation is 1. The quantitative estimate of drug-likeness (QED) is 0.163. The van der Waals surface area contributed by atoms with E-state index in [4.69, 9.17) is 0 Å². The molecule has 1 fully saturated rings. The van der Waals surface area contributed by atoms with Gasteiger partial charge in [0.2, 0.25) is 0 Å². The molecule has 1 saturated heterocycles. The Morgan fingerprint density at radius 1 is 1.06 bits per heavy atom. The average Bonchev–Trinajstić information content (AvgIpc) is 3.01. The molecule has 162 valence electrons. The number of benzene rings is 2. The molecule has 0 bridgehead atoms. The summed E-state index contributed by atoms with van der Waals surface area (Å²) in [5.74, 6) is -1.89. The Morgan fingerprint density at radius 2 is 1.74 bits per heavy atom. The molecule has 1 heterocycles. The van der Waals surface area contributed by atoms with Crippen molar-refractivity contribution in [2.75, 3.05) is 6.54 Å². The number of carbonyl (C=O) groups excluding carboxylic acids is 2. The first kappa shape index (κ1) is 22.2. The van der Waals surface area contributed by atoms with Crippen molar-refractivity contribution < 1.29 is 19.6 Å². The van der Waals surface area contributed by atoms with Gasteiger partial charge in [-0.25, -0.2) is 0 Å². The smallest absolute Gasteiger partial charge is 0.295 e. The number of hydrogen-bond acceptors (Lipinski definition) is 5. The molecule has 1 aliphatic rings. The van der Waals surface area contributed by atoms with Crippen LogP contribution < -0.4 is 0 Å². The molecule has 1 atom stereocenters. The molecule has 3 rings (SSSR count). The Balaban J connectivity index is 2.15. The number of Topliss-reactive ketones (excluding diaryl/α,β-unsaturated/α-hetero) is 1. The Hall–Kier alpha value is -3.48. The Bertz CT molecular complexity index is 1030. The topological polar surface area (TPSA) is 101 Å². The third-order valence-electron chi connectivity index (χ3n) is 5.55. The Kier molecular flexibility index (Phi) is 6.84. The first-order valence-electron chi connectivity index (χ1n) is 10.5. The largest absolute Gasteiger partial charge is 0.507 e. The van der Waals surface area contributed by atoms with Crippen LogP contribution in [0.3, 0.4) is 0 Å². The lowest BCUT2D eigenvalue weighted by Crippen LogP contribution is -2.31. The summed E-state index contributed by atoms with van der Waals surface area (Å²) in [6, 6.07) is 11.9. The van der Waals surface area contributed by atoms with Gasteiger partial charge in [-0.15, -0.1) is 0 Å². The van der Waals surface area contributed by atoms with Gasteiger partial charge in [0.15, 0.2) is 0 Å². The summed E-state index contributed by atoms with van der Waals surface area (Å²) >= 11 is 0. The van der Waals surface area contributed by atoms with Crippen LogP contribution in [0.15, 0.2) is 54.1 Å². The fraction of sp³-hybridized carbons (Fsp3) is 0.333. The molecule has 2 aromatic carbocycles. The first-order chi connectivity index (χ1) is 14.9. The van der Waals surface area contributed by atoms with E-state index in [0.717, 1.165) is 24.8 Å². The zero-order valence-electron chi connectivity index (χ0n) is 17.7. The zero-order chi connectivity index (χ0) is 22.5. The number of hydrogen-bond donors (Lipinski definition) is 1. The summed E-state index contributed by atoms with van der Waals surface area (Å²) in [4.78, 5) is 38.4. The molecule has 0 spiro atoms. The van der Waals surface area contributed by atoms with Gasteiger partial charge in [0, 0.05) is 18.2 Å². The van der Waals surface area contributed by atoms with Gasteiger partial charge in [0.1, 0.15) is 5.76 Å². The highest BCUT2D eigenvalue weighted by molar-refractivity contribution is 6.46. The monoisotopic (exact) mass is 422 g/mol. The first-order valence-corrected chi connectivity index (χ1v) is 10.5. The van der Waals surface area contributed by atoms with E-state index in [1.54, 1.807) is 30.3 Å². The van der Waals surface area contributed by atoms with Gasteiger partial charge >= 0.3 is 0 Å². The number of aliphatic hydroxyl groups excluding tert-OH is 1. The number of para-hydroxylation sites is 1. The van der Waals surface area contributed by atoms with Crippen molar-refractivity contribution in [1.82, 2.24) is 4.90 Å². The summed E-state index contributed by atoms with van der Waals surface area (Å²) in [5, 5.41) is 22.7. The number of likely N-dealkylation sites (tertiary alicyclic amines) is 1. The number of rotatable bonds is 8. The lowest BCUT2D eigenvalue weighted by Gasteiger charge is -2.25. The number of aliphatic hydroxyl groups is 1. The predicted molar refractivity (Wildman–Crippen MR) is 117 cm³/mol. The van der Waals surface area contributed by atoms with Gasteiger partial charge in [0.05, 0.1) is 22.1 Å². The molecule has 0 aliphatic carbocycles. The fourth-order valence-electron chi connectivity index (χ4n) is 3.89. The maximum Gasteiger partial charge on any atom is 0.295 e. The standard InChI is InChI=1S/C24H26N2O5/c1-3-4-5-8-15-25-21(18-9-6-7-10-19(18)26(30)31)20(23(28)24(25)29)22(27)17-13-11-16(2)12-14-17/h6-7,9-14,21,27H,3-5,8,15H2,1-2H3. The molecular weight excluding hydrogens is 396 g/mol. The van der Waals surface area contributed by atoms with Crippen LogP contribution in [0.5, 0.6) is 0 Å². The number of nitro groups is 1. The summed E-state index contributed by atoms with van der Waals surface area (Å²) in [6.45, 7) is 4.25. The maximum atomic E-state index is 13.0. The minimum Gasteiger partial charge on any atom is -0.507 e. The minimum absolute atomic E-state index is 0.112. The SMILES string of the molecule is CCCCCCN1C(=O)C(=O)C(=C(O)c2ccc(C)cc2)C1c1ccccc1[N+](=O)[O-]. The number of carbonyl (C=O) groups is 2. The van der Waals surface area contributed by atoms with Crippen molar-refractivity contribution in [2.45, 2.75) is 45.6 Å². The molecule has 1 N–H and O–H groups in total. The molecule has 31 heavy (non-hydrogen) atoms. The summed E-state index contributed by atoms with van der Waals surface area (Å²) < 4.78 is 0. The van der Waals surface area contributed by atoms with E-state index >= 15 is 0 Å². The van der Waals surface area contributed by atoms with Crippen molar-refractivity contribution in [2.24, 2.45) is 0 Å². The molecule has 7 nitrogen and oxygen atoms in total. The van der Waals surface area contributed by atoms with Crippen LogP contribution in [0.2, 0.25) is 0 Å². The molecule has 1 aliphatic heterocycles. The van der Waals surface area contributed by atoms with Crippen LogP contribution in [0.4, 0.5) is 5.69 Å². The van der Waals surface area contributed by atoms with E-state index in [0.29, 0.717) is 12.0 Å². The van der Waals surface area contributed by atoms with Gasteiger partial charge in [0.25, 0.3) is 17.4 Å². The van der Waals surface area contributed by atoms with Gasteiger partial charge in [-0.1, -0.05) is 68.1 Å². The second-order valence-corrected chi connectivity index (χ2v) is 7.74. The van der Waals surface area contributed by atoms with Crippen molar-refractivity contribution in [3.8, 4) is 0 Å². The van der Waals surface area contributed by atoms with Crippen LogP contribution >= 0.6 is 0 Å². The number of amides is 1. The van der Waals surface area contributed by atoms with Crippen molar-refractivity contribution in [1.29, 1.82) is 0 Å². The van der Waals surface area contributed by atoms with Gasteiger partial charge in [-0.05, 0) is 19.4 Å². The van der Waals surface area contributed by atoms with Gasteiger partial charge < -0.3 is 10.0 Å². The van der Waals surface area contributed by atoms with E-state index < -0.39 is 22.7 Å². The lowest BCUT2D eigenvalue weighted by atomic mass is 9.94. The average molecular weight is 422 g/mol. The van der Waals surface area contributed by atoms with Gasteiger partial charge in [-0.2, -0.15) is 0 Å². The highest BCUT2D eigenvalue weighted by Crippen LogP contribution is 2.42. The van der Waals surface area contributed by atoms with E-state index in [9.17, 15) is 24.8 Å². The van der Waals surface area contributed by atoms with Crippen LogP contribution in [0, 0.1) is 17.0 Å². The molecule has 1 unspecified atom stereocenters. The lowest BCUT2D eigenvalue weighted by molar-refractivity contribution is -0.385.